The van der Waals surface area contributed by atoms with Crippen LogP contribution in [-0.4, -0.2) is 29.4 Å². The van der Waals surface area contributed by atoms with E-state index in [1.165, 1.54) is 6.33 Å². The van der Waals surface area contributed by atoms with E-state index in [9.17, 15) is 0 Å². The molecule has 0 aliphatic heterocycles. The smallest absolute Gasteiger partial charge is 0.254 e. The highest BCUT2D eigenvalue weighted by atomic mass is 15.4. The third kappa shape index (κ3) is 1.90. The summed E-state index contributed by atoms with van der Waals surface area (Å²) in [6.07, 6.45) is 3.41. The lowest BCUT2D eigenvalue weighted by atomic mass is 10.4. The molecule has 0 fully saturated rings. The summed E-state index contributed by atoms with van der Waals surface area (Å²) in [6.45, 7) is 2.57. The zero-order valence-corrected chi connectivity index (χ0v) is 10.2. The summed E-state index contributed by atoms with van der Waals surface area (Å²) in [5.74, 6) is 1.46. The van der Waals surface area contributed by atoms with E-state index in [-0.39, 0.29) is 0 Å². The lowest BCUT2D eigenvalue weighted by Crippen LogP contribution is -2.07. The van der Waals surface area contributed by atoms with E-state index in [0.717, 1.165) is 17.2 Å². The Morgan fingerprint density at radius 2 is 2.28 bits per heavy atom. The SMILES string of the molecule is Cc1cc(NCc2ccn(C)n2)n2ncnc2n1. The molecule has 7 heteroatoms. The molecule has 0 amide bonds. The Labute approximate surface area is 103 Å². The summed E-state index contributed by atoms with van der Waals surface area (Å²) in [7, 11) is 1.90. The highest BCUT2D eigenvalue weighted by Gasteiger charge is 2.05. The molecule has 3 aromatic heterocycles. The molecule has 18 heavy (non-hydrogen) atoms. The van der Waals surface area contributed by atoms with Crippen molar-refractivity contribution in [2.24, 2.45) is 7.05 Å². The number of rotatable bonds is 3. The number of nitrogens with one attached hydrogen (secondary N) is 1. The Morgan fingerprint density at radius 3 is 3.06 bits per heavy atom. The summed E-state index contributed by atoms with van der Waals surface area (Å²) in [5.41, 5.74) is 1.87. The first kappa shape index (κ1) is 10.7. The van der Waals surface area contributed by atoms with Gasteiger partial charge in [-0.25, -0.2) is 4.98 Å². The molecule has 0 atom stereocenters. The van der Waals surface area contributed by atoms with Crippen LogP contribution in [0.3, 0.4) is 0 Å². The predicted octanol–water partition coefficient (Wildman–Crippen LogP) is 0.778. The molecule has 0 aliphatic rings. The second kappa shape index (κ2) is 4.10. The summed E-state index contributed by atoms with van der Waals surface area (Å²) in [5, 5.41) is 11.7. The van der Waals surface area contributed by atoms with Gasteiger partial charge in [0.1, 0.15) is 12.1 Å². The van der Waals surface area contributed by atoms with Gasteiger partial charge in [-0.3, -0.25) is 4.68 Å². The Hall–Kier alpha value is -2.44. The maximum Gasteiger partial charge on any atom is 0.254 e. The van der Waals surface area contributed by atoms with E-state index in [4.69, 9.17) is 0 Å². The number of fused-ring (bicyclic) bond motifs is 1. The van der Waals surface area contributed by atoms with Gasteiger partial charge >= 0.3 is 0 Å². The van der Waals surface area contributed by atoms with Gasteiger partial charge in [-0.05, 0) is 13.0 Å². The standard InChI is InChI=1S/C11H13N7/c1-8-5-10(18-11(15-8)13-7-14-18)12-6-9-3-4-17(2)16-9/h3-5,7,12H,6H2,1-2H3. The van der Waals surface area contributed by atoms with Crippen molar-refractivity contribution in [2.45, 2.75) is 13.5 Å². The number of nitrogens with zero attached hydrogens (tertiary/aromatic N) is 6. The molecule has 0 saturated heterocycles. The molecule has 0 aromatic carbocycles. The molecule has 7 nitrogen and oxygen atoms in total. The van der Waals surface area contributed by atoms with E-state index in [1.807, 2.05) is 32.3 Å². The summed E-state index contributed by atoms with van der Waals surface area (Å²) < 4.78 is 3.45. The number of hydrogen-bond donors (Lipinski definition) is 1. The number of anilines is 1. The molecular formula is C11H13N7. The average Bonchev–Trinajstić information content (AvgIpc) is 2.94. The van der Waals surface area contributed by atoms with Crippen LogP contribution in [-0.2, 0) is 13.6 Å². The third-order valence-electron chi connectivity index (χ3n) is 2.60. The van der Waals surface area contributed by atoms with Crippen molar-refractivity contribution in [1.29, 1.82) is 0 Å². The number of hydrogen-bond acceptors (Lipinski definition) is 5. The Kier molecular flexibility index (Phi) is 2.44. The fourth-order valence-electron chi connectivity index (χ4n) is 1.80. The molecule has 92 valence electrons. The van der Waals surface area contributed by atoms with E-state index < -0.39 is 0 Å². The van der Waals surface area contributed by atoms with Crippen LogP contribution >= 0.6 is 0 Å². The van der Waals surface area contributed by atoms with Crippen LogP contribution in [0.4, 0.5) is 5.82 Å². The van der Waals surface area contributed by atoms with Crippen molar-refractivity contribution < 1.29 is 0 Å². The fourth-order valence-corrected chi connectivity index (χ4v) is 1.80. The Morgan fingerprint density at radius 1 is 1.39 bits per heavy atom. The van der Waals surface area contributed by atoms with Gasteiger partial charge in [0.15, 0.2) is 0 Å². The molecular weight excluding hydrogens is 230 g/mol. The maximum absolute atomic E-state index is 4.31. The largest absolute Gasteiger partial charge is 0.364 e. The minimum absolute atomic E-state index is 0.596. The van der Waals surface area contributed by atoms with E-state index in [0.29, 0.717) is 12.3 Å². The molecule has 3 heterocycles. The van der Waals surface area contributed by atoms with Crippen LogP contribution in [0, 0.1) is 6.92 Å². The normalized spacial score (nSPS) is 11.0. The fraction of sp³-hybridized carbons (Fsp3) is 0.273. The van der Waals surface area contributed by atoms with Gasteiger partial charge in [-0.1, -0.05) is 0 Å². The monoisotopic (exact) mass is 243 g/mol. The lowest BCUT2D eigenvalue weighted by Gasteiger charge is -2.06. The molecule has 0 saturated carbocycles. The second-order valence-corrected chi connectivity index (χ2v) is 4.09. The van der Waals surface area contributed by atoms with Gasteiger partial charge in [0, 0.05) is 25.0 Å². The van der Waals surface area contributed by atoms with E-state index in [1.54, 1.807) is 9.20 Å². The van der Waals surface area contributed by atoms with Crippen LogP contribution in [0.1, 0.15) is 11.4 Å². The molecule has 3 rings (SSSR count). The second-order valence-electron chi connectivity index (χ2n) is 4.09. The third-order valence-corrected chi connectivity index (χ3v) is 2.60. The van der Waals surface area contributed by atoms with Crippen molar-refractivity contribution in [2.75, 3.05) is 5.32 Å². The van der Waals surface area contributed by atoms with Gasteiger partial charge in [-0.15, -0.1) is 0 Å². The van der Waals surface area contributed by atoms with Crippen LogP contribution in [0.15, 0.2) is 24.7 Å². The number of aromatic nitrogens is 6. The lowest BCUT2D eigenvalue weighted by molar-refractivity contribution is 0.746. The van der Waals surface area contributed by atoms with Gasteiger partial charge < -0.3 is 5.32 Å². The maximum atomic E-state index is 4.31. The minimum Gasteiger partial charge on any atom is -0.364 e. The van der Waals surface area contributed by atoms with E-state index >= 15 is 0 Å². The average molecular weight is 243 g/mol. The van der Waals surface area contributed by atoms with Crippen LogP contribution in [0.2, 0.25) is 0 Å². The molecule has 0 spiro atoms. The van der Waals surface area contributed by atoms with E-state index in [2.05, 4.69) is 25.5 Å². The van der Waals surface area contributed by atoms with Crippen molar-refractivity contribution in [3.8, 4) is 0 Å². The first-order chi connectivity index (χ1) is 8.72. The summed E-state index contributed by atoms with van der Waals surface area (Å²) in [4.78, 5) is 8.37. The van der Waals surface area contributed by atoms with Crippen LogP contribution in [0.25, 0.3) is 5.78 Å². The van der Waals surface area contributed by atoms with Gasteiger partial charge in [-0.2, -0.15) is 19.7 Å². The van der Waals surface area contributed by atoms with Gasteiger partial charge in [0.25, 0.3) is 5.78 Å². The zero-order valence-electron chi connectivity index (χ0n) is 10.2. The quantitative estimate of drug-likeness (QED) is 0.736. The van der Waals surface area contributed by atoms with Gasteiger partial charge in [0.2, 0.25) is 0 Å². The molecule has 0 radical (unpaired) electrons. The molecule has 0 unspecified atom stereocenters. The van der Waals surface area contributed by atoms with Crippen molar-refractivity contribution in [3.63, 3.8) is 0 Å². The summed E-state index contributed by atoms with van der Waals surface area (Å²) >= 11 is 0. The first-order valence-electron chi connectivity index (χ1n) is 5.62. The van der Waals surface area contributed by atoms with Crippen LogP contribution in [0.5, 0.6) is 0 Å². The number of aryl methyl sites for hydroxylation is 2. The Balaban J connectivity index is 1.87. The highest BCUT2D eigenvalue weighted by molar-refractivity contribution is 5.44. The minimum atomic E-state index is 0.596. The Bertz CT molecular complexity index is 682. The van der Waals surface area contributed by atoms with Crippen molar-refractivity contribution in [1.82, 2.24) is 29.4 Å². The highest BCUT2D eigenvalue weighted by Crippen LogP contribution is 2.11. The molecule has 3 aromatic rings. The van der Waals surface area contributed by atoms with Crippen molar-refractivity contribution >= 4 is 11.6 Å². The topological polar surface area (TPSA) is 72.9 Å². The predicted molar refractivity (Wildman–Crippen MR) is 66.1 cm³/mol. The molecule has 0 bridgehead atoms. The zero-order chi connectivity index (χ0) is 12.5. The van der Waals surface area contributed by atoms with Gasteiger partial charge in [0.05, 0.1) is 12.2 Å². The summed E-state index contributed by atoms with van der Waals surface area (Å²) in [6, 6.07) is 3.91. The van der Waals surface area contributed by atoms with Crippen molar-refractivity contribution in [3.05, 3.63) is 36.0 Å². The first-order valence-corrected chi connectivity index (χ1v) is 5.62. The molecule has 1 N–H and O–H groups in total. The van der Waals surface area contributed by atoms with Crippen LogP contribution < -0.4 is 5.32 Å². The molecule has 0 aliphatic carbocycles.